The first-order chi connectivity index (χ1) is 14.6. The van der Waals surface area contributed by atoms with Crippen molar-refractivity contribution in [3.8, 4) is 17.2 Å². The van der Waals surface area contributed by atoms with Gasteiger partial charge in [-0.25, -0.2) is 5.01 Å². The second-order valence-electron chi connectivity index (χ2n) is 8.36. The van der Waals surface area contributed by atoms with Gasteiger partial charge in [-0.2, -0.15) is 0 Å². The van der Waals surface area contributed by atoms with Crippen LogP contribution in [0.5, 0.6) is 17.2 Å². The second-order valence-corrected chi connectivity index (χ2v) is 8.36. The Morgan fingerprint density at radius 3 is 2.60 bits per heavy atom. The average Bonchev–Trinajstić information content (AvgIpc) is 2.76. The first-order valence-corrected chi connectivity index (χ1v) is 11.4. The zero-order valence-electron chi connectivity index (χ0n) is 18.1. The molecule has 2 aromatic carbocycles. The Balaban J connectivity index is 1.57. The normalized spacial score (nSPS) is 16.0. The standard InChI is InChI=1S/C25H36N2O3/c1-2-3-4-7-17-27(26-16-8-10-19-9-5-6-11-23(19)28)21-13-14-22-20(18-21)12-15-24(29)25(22)30/h5-6,9,11-12,15,21,26,28-30H,2-4,7-8,10,13-14,16-18H2,1H3. The third kappa shape index (κ3) is 5.89. The summed E-state index contributed by atoms with van der Waals surface area (Å²) in [6.45, 7) is 4.11. The number of aromatic hydroxyl groups is 3. The molecule has 0 saturated heterocycles. The van der Waals surface area contributed by atoms with Crippen LogP contribution in [0, 0.1) is 0 Å². The van der Waals surface area contributed by atoms with Gasteiger partial charge in [-0.15, -0.1) is 0 Å². The van der Waals surface area contributed by atoms with Gasteiger partial charge in [0.15, 0.2) is 11.5 Å². The van der Waals surface area contributed by atoms with Gasteiger partial charge >= 0.3 is 0 Å². The minimum absolute atomic E-state index is 0.0223. The number of benzene rings is 2. The minimum Gasteiger partial charge on any atom is -0.508 e. The number of para-hydroxylation sites is 1. The van der Waals surface area contributed by atoms with E-state index in [4.69, 9.17) is 0 Å². The quantitative estimate of drug-likeness (QED) is 0.245. The Morgan fingerprint density at radius 1 is 0.967 bits per heavy atom. The van der Waals surface area contributed by atoms with E-state index in [-0.39, 0.29) is 11.5 Å². The summed E-state index contributed by atoms with van der Waals surface area (Å²) < 4.78 is 0. The number of unbranched alkanes of at least 4 members (excludes halogenated alkanes) is 3. The molecule has 30 heavy (non-hydrogen) atoms. The molecule has 0 fully saturated rings. The Labute approximate surface area is 180 Å². The molecule has 0 heterocycles. The van der Waals surface area contributed by atoms with Gasteiger partial charge in [0.25, 0.3) is 0 Å². The van der Waals surface area contributed by atoms with E-state index in [1.165, 1.54) is 25.7 Å². The monoisotopic (exact) mass is 412 g/mol. The molecule has 5 heteroatoms. The predicted molar refractivity (Wildman–Crippen MR) is 121 cm³/mol. The van der Waals surface area contributed by atoms with Crippen molar-refractivity contribution < 1.29 is 15.3 Å². The highest BCUT2D eigenvalue weighted by molar-refractivity contribution is 5.50. The predicted octanol–water partition coefficient (Wildman–Crippen LogP) is 4.68. The number of hydrogen-bond donors (Lipinski definition) is 4. The van der Waals surface area contributed by atoms with Crippen molar-refractivity contribution >= 4 is 0 Å². The lowest BCUT2D eigenvalue weighted by Gasteiger charge is -2.36. The lowest BCUT2D eigenvalue weighted by atomic mass is 9.87. The Hall–Kier alpha value is -2.24. The van der Waals surface area contributed by atoms with Gasteiger partial charge in [-0.3, -0.25) is 5.43 Å². The van der Waals surface area contributed by atoms with Crippen molar-refractivity contribution in [1.29, 1.82) is 0 Å². The van der Waals surface area contributed by atoms with Crippen LogP contribution in [-0.2, 0) is 19.3 Å². The summed E-state index contributed by atoms with van der Waals surface area (Å²) in [7, 11) is 0. The molecule has 0 aliphatic heterocycles. The highest BCUT2D eigenvalue weighted by Gasteiger charge is 2.26. The molecule has 0 radical (unpaired) electrons. The summed E-state index contributed by atoms with van der Waals surface area (Å²) >= 11 is 0. The molecule has 0 amide bonds. The van der Waals surface area contributed by atoms with Crippen molar-refractivity contribution in [3.63, 3.8) is 0 Å². The van der Waals surface area contributed by atoms with Gasteiger partial charge in [0.1, 0.15) is 5.75 Å². The van der Waals surface area contributed by atoms with Gasteiger partial charge in [0, 0.05) is 24.7 Å². The summed E-state index contributed by atoms with van der Waals surface area (Å²) in [5.41, 5.74) is 6.68. The summed E-state index contributed by atoms with van der Waals surface area (Å²) in [6, 6.07) is 11.5. The second kappa shape index (κ2) is 11.2. The van der Waals surface area contributed by atoms with E-state index < -0.39 is 0 Å². The fraction of sp³-hybridized carbons (Fsp3) is 0.520. The molecule has 1 aliphatic rings. The topological polar surface area (TPSA) is 76.0 Å². The van der Waals surface area contributed by atoms with E-state index in [1.807, 2.05) is 24.3 Å². The molecule has 0 bridgehead atoms. The number of nitrogens with zero attached hydrogens (tertiary/aromatic N) is 1. The lowest BCUT2D eigenvalue weighted by Crippen LogP contribution is -2.49. The lowest BCUT2D eigenvalue weighted by molar-refractivity contribution is 0.108. The van der Waals surface area contributed by atoms with Crippen LogP contribution in [-0.4, -0.2) is 39.5 Å². The molecular weight excluding hydrogens is 376 g/mol. The van der Waals surface area contributed by atoms with E-state index in [9.17, 15) is 15.3 Å². The Bertz CT molecular complexity index is 809. The van der Waals surface area contributed by atoms with Crippen LogP contribution in [0.3, 0.4) is 0 Å². The van der Waals surface area contributed by atoms with E-state index in [2.05, 4.69) is 17.4 Å². The van der Waals surface area contributed by atoms with Gasteiger partial charge in [-0.1, -0.05) is 50.5 Å². The minimum atomic E-state index is -0.0223. The molecule has 1 aliphatic carbocycles. The van der Waals surface area contributed by atoms with E-state index in [0.717, 1.165) is 61.9 Å². The fourth-order valence-corrected chi connectivity index (χ4v) is 4.39. The SMILES string of the molecule is CCCCCCN(NCCCc1ccccc1O)C1CCc2c(ccc(O)c2O)C1. The third-order valence-electron chi connectivity index (χ3n) is 6.16. The molecule has 2 aromatic rings. The van der Waals surface area contributed by atoms with Crippen LogP contribution in [0.25, 0.3) is 0 Å². The van der Waals surface area contributed by atoms with Crippen LogP contribution in [0.2, 0.25) is 0 Å². The first-order valence-electron chi connectivity index (χ1n) is 11.4. The maximum Gasteiger partial charge on any atom is 0.160 e. The van der Waals surface area contributed by atoms with Crippen LogP contribution in [0.15, 0.2) is 36.4 Å². The molecule has 4 N–H and O–H groups in total. The van der Waals surface area contributed by atoms with Crippen molar-refractivity contribution in [2.45, 2.75) is 70.8 Å². The molecule has 5 nitrogen and oxygen atoms in total. The first kappa shape index (κ1) is 22.4. The van der Waals surface area contributed by atoms with Crippen molar-refractivity contribution in [2.75, 3.05) is 13.1 Å². The number of nitrogens with one attached hydrogen (secondary N) is 1. The van der Waals surface area contributed by atoms with E-state index in [1.54, 1.807) is 12.1 Å². The highest BCUT2D eigenvalue weighted by Crippen LogP contribution is 2.36. The van der Waals surface area contributed by atoms with Gasteiger partial charge in [0.2, 0.25) is 0 Å². The zero-order valence-corrected chi connectivity index (χ0v) is 18.1. The molecule has 0 aromatic heterocycles. The van der Waals surface area contributed by atoms with Crippen molar-refractivity contribution in [3.05, 3.63) is 53.1 Å². The number of phenolic OH excluding ortho intramolecular Hbond substituents is 3. The van der Waals surface area contributed by atoms with Crippen LogP contribution in [0.1, 0.15) is 62.1 Å². The maximum absolute atomic E-state index is 10.2. The van der Waals surface area contributed by atoms with Gasteiger partial charge < -0.3 is 15.3 Å². The third-order valence-corrected chi connectivity index (χ3v) is 6.16. The van der Waals surface area contributed by atoms with Crippen molar-refractivity contribution in [2.24, 2.45) is 0 Å². The van der Waals surface area contributed by atoms with Gasteiger partial charge in [-0.05, 0) is 61.8 Å². The number of phenols is 3. The molecule has 0 spiro atoms. The van der Waals surface area contributed by atoms with Crippen molar-refractivity contribution in [1.82, 2.24) is 10.4 Å². The van der Waals surface area contributed by atoms with Crippen LogP contribution < -0.4 is 5.43 Å². The summed E-state index contributed by atoms with van der Waals surface area (Å²) in [6.07, 6.45) is 9.34. The Morgan fingerprint density at radius 2 is 1.80 bits per heavy atom. The van der Waals surface area contributed by atoms with Crippen LogP contribution in [0.4, 0.5) is 0 Å². The maximum atomic E-state index is 10.2. The largest absolute Gasteiger partial charge is 0.508 e. The summed E-state index contributed by atoms with van der Waals surface area (Å²) in [4.78, 5) is 0. The number of hydrogen-bond acceptors (Lipinski definition) is 5. The number of hydrazine groups is 1. The molecule has 1 unspecified atom stereocenters. The Kier molecular flexibility index (Phi) is 8.40. The smallest absolute Gasteiger partial charge is 0.160 e. The number of fused-ring (bicyclic) bond motifs is 1. The molecule has 3 rings (SSSR count). The van der Waals surface area contributed by atoms with E-state index in [0.29, 0.717) is 11.8 Å². The van der Waals surface area contributed by atoms with Crippen LogP contribution >= 0.6 is 0 Å². The van der Waals surface area contributed by atoms with Gasteiger partial charge in [0.05, 0.1) is 0 Å². The number of rotatable bonds is 11. The molecule has 0 saturated carbocycles. The molecule has 164 valence electrons. The summed E-state index contributed by atoms with van der Waals surface area (Å²) in [5.74, 6) is 0.405. The number of aryl methyl sites for hydroxylation is 1. The molecular formula is C25H36N2O3. The fourth-order valence-electron chi connectivity index (χ4n) is 4.39. The summed E-state index contributed by atoms with van der Waals surface area (Å²) in [5, 5.41) is 32.3. The zero-order chi connectivity index (χ0) is 21.3. The average molecular weight is 413 g/mol. The molecule has 1 atom stereocenters. The highest BCUT2D eigenvalue weighted by atomic mass is 16.3. The van der Waals surface area contributed by atoms with E-state index >= 15 is 0 Å².